The zero-order valence-corrected chi connectivity index (χ0v) is 16.4. The van der Waals surface area contributed by atoms with Crippen molar-refractivity contribution in [1.29, 1.82) is 0 Å². The van der Waals surface area contributed by atoms with Crippen LogP contribution < -0.4 is 10.0 Å². The fourth-order valence-electron chi connectivity index (χ4n) is 4.12. The predicted octanol–water partition coefficient (Wildman–Crippen LogP) is 4.17. The van der Waals surface area contributed by atoms with Crippen molar-refractivity contribution in [3.8, 4) is 0 Å². The molecule has 1 aromatic carbocycles. The zero-order valence-electron chi connectivity index (χ0n) is 15.6. The molecule has 4 nitrogen and oxygen atoms in total. The van der Waals surface area contributed by atoms with Crippen molar-refractivity contribution >= 4 is 23.7 Å². The molecule has 0 saturated carbocycles. The Balaban J connectivity index is 1.51. The number of fused-ring (bicyclic) bond motifs is 2. The fraction of sp³-hybridized carbons (Fsp3) is 0.650. The van der Waals surface area contributed by atoms with E-state index in [1.54, 1.807) is 0 Å². The topological polar surface area (TPSA) is 44.4 Å². The lowest BCUT2D eigenvalue weighted by Crippen LogP contribution is -2.26. The summed E-state index contributed by atoms with van der Waals surface area (Å²) < 4.78 is 2.97. The first-order chi connectivity index (χ1) is 12.2. The number of nitrogens with zero attached hydrogens (tertiary/aromatic N) is 1. The van der Waals surface area contributed by atoms with Crippen LogP contribution in [0, 0.1) is 0 Å². The van der Waals surface area contributed by atoms with Gasteiger partial charge in [-0.15, -0.1) is 0 Å². The minimum atomic E-state index is -0.0674. The summed E-state index contributed by atoms with van der Waals surface area (Å²) in [5, 5.41) is 3.18. The summed E-state index contributed by atoms with van der Waals surface area (Å²) in [6.07, 6.45) is 8.08. The lowest BCUT2D eigenvalue weighted by atomic mass is 9.99. The van der Waals surface area contributed by atoms with Gasteiger partial charge in [-0.05, 0) is 98.8 Å². The molecule has 2 aliphatic rings. The minimum Gasteiger partial charge on any atom is -0.307 e. The standard InChI is InChI=1S/C20H31N3OS/c1-3-23(4-2)12-7-13-25-22-20(24)21-19-17-10-5-8-15(17)14-16-9-6-11-18(16)19/h14H,3-13H2,1-2H3,(H2,21,22,24). The third-order valence-electron chi connectivity index (χ3n) is 5.49. The summed E-state index contributed by atoms with van der Waals surface area (Å²) >= 11 is 1.52. The van der Waals surface area contributed by atoms with Crippen molar-refractivity contribution in [2.45, 2.75) is 58.8 Å². The van der Waals surface area contributed by atoms with Crippen molar-refractivity contribution < 1.29 is 4.79 Å². The average molecular weight is 362 g/mol. The molecule has 0 saturated heterocycles. The fourth-order valence-corrected chi connectivity index (χ4v) is 4.68. The van der Waals surface area contributed by atoms with Crippen LogP contribution in [0.15, 0.2) is 6.07 Å². The number of benzene rings is 1. The first kappa shape index (κ1) is 18.6. The predicted molar refractivity (Wildman–Crippen MR) is 108 cm³/mol. The molecular weight excluding hydrogens is 330 g/mol. The highest BCUT2D eigenvalue weighted by Crippen LogP contribution is 2.38. The highest BCUT2D eigenvalue weighted by molar-refractivity contribution is 7.97. The van der Waals surface area contributed by atoms with Crippen molar-refractivity contribution in [2.75, 3.05) is 30.7 Å². The SMILES string of the molecule is CCN(CC)CCCSNC(=O)Nc1c2c(cc3c1CCC3)CCC2. The molecule has 5 heteroatoms. The smallest absolute Gasteiger partial charge is 0.307 e. The van der Waals surface area contributed by atoms with E-state index in [1.165, 1.54) is 59.9 Å². The summed E-state index contributed by atoms with van der Waals surface area (Å²) in [4.78, 5) is 14.8. The molecule has 0 fully saturated rings. The van der Waals surface area contributed by atoms with E-state index < -0.39 is 0 Å². The lowest BCUT2D eigenvalue weighted by molar-refractivity contribution is 0.257. The number of hydrogen-bond donors (Lipinski definition) is 2. The second-order valence-corrected chi connectivity index (χ2v) is 7.92. The molecule has 3 rings (SSSR count). The first-order valence-corrected chi connectivity index (χ1v) is 10.8. The van der Waals surface area contributed by atoms with Crippen LogP contribution in [0.2, 0.25) is 0 Å². The third kappa shape index (κ3) is 4.50. The van der Waals surface area contributed by atoms with Crippen molar-refractivity contribution in [2.24, 2.45) is 0 Å². The molecule has 0 radical (unpaired) electrons. The van der Waals surface area contributed by atoms with Crippen LogP contribution in [0.5, 0.6) is 0 Å². The number of carbonyl (C=O) groups excluding carboxylic acids is 1. The monoisotopic (exact) mass is 361 g/mol. The van der Waals surface area contributed by atoms with Gasteiger partial charge in [-0.1, -0.05) is 19.9 Å². The van der Waals surface area contributed by atoms with E-state index in [1.807, 2.05) is 0 Å². The van der Waals surface area contributed by atoms with E-state index in [-0.39, 0.29) is 6.03 Å². The molecule has 0 aliphatic heterocycles. The molecule has 0 unspecified atom stereocenters. The van der Waals surface area contributed by atoms with Gasteiger partial charge in [0.15, 0.2) is 0 Å². The highest BCUT2D eigenvalue weighted by Gasteiger charge is 2.24. The van der Waals surface area contributed by atoms with Crippen LogP contribution in [-0.2, 0) is 25.7 Å². The molecule has 25 heavy (non-hydrogen) atoms. The molecule has 138 valence electrons. The van der Waals surface area contributed by atoms with Gasteiger partial charge in [0, 0.05) is 11.4 Å². The molecule has 2 aliphatic carbocycles. The van der Waals surface area contributed by atoms with Crippen molar-refractivity contribution in [1.82, 2.24) is 9.62 Å². The highest BCUT2D eigenvalue weighted by atomic mass is 32.2. The maximum absolute atomic E-state index is 12.4. The zero-order chi connectivity index (χ0) is 17.6. The van der Waals surface area contributed by atoms with Gasteiger partial charge >= 0.3 is 6.03 Å². The van der Waals surface area contributed by atoms with Crippen LogP contribution in [0.4, 0.5) is 10.5 Å². The molecule has 0 bridgehead atoms. The molecule has 0 heterocycles. The molecule has 1 aromatic rings. The normalized spacial score (nSPS) is 15.3. The molecule has 0 atom stereocenters. The van der Waals surface area contributed by atoms with E-state index in [2.05, 4.69) is 34.9 Å². The van der Waals surface area contributed by atoms with Crippen LogP contribution in [0.1, 0.15) is 55.4 Å². The lowest BCUT2D eigenvalue weighted by Gasteiger charge is -2.18. The van der Waals surface area contributed by atoms with Crippen LogP contribution >= 0.6 is 11.9 Å². The summed E-state index contributed by atoms with van der Waals surface area (Å²) in [6.45, 7) is 7.68. The Morgan fingerprint density at radius 1 is 1.08 bits per heavy atom. The van der Waals surface area contributed by atoms with Crippen LogP contribution in [0.25, 0.3) is 0 Å². The van der Waals surface area contributed by atoms with E-state index in [9.17, 15) is 4.79 Å². The summed E-state index contributed by atoms with van der Waals surface area (Å²) in [7, 11) is 0. The van der Waals surface area contributed by atoms with Gasteiger partial charge in [0.25, 0.3) is 0 Å². The Kier molecular flexibility index (Phi) is 6.65. The number of hydrogen-bond acceptors (Lipinski definition) is 3. The van der Waals surface area contributed by atoms with Gasteiger partial charge in [-0.3, -0.25) is 4.72 Å². The molecular formula is C20H31N3OS. The Labute approximate surface area is 156 Å². The first-order valence-electron chi connectivity index (χ1n) is 9.80. The summed E-state index contributed by atoms with van der Waals surface area (Å²) in [6, 6.07) is 2.33. The van der Waals surface area contributed by atoms with Crippen molar-refractivity contribution in [3.05, 3.63) is 28.3 Å². The van der Waals surface area contributed by atoms with E-state index >= 15 is 0 Å². The second-order valence-electron chi connectivity index (χ2n) is 7.02. The quantitative estimate of drug-likeness (QED) is 0.540. The van der Waals surface area contributed by atoms with Crippen LogP contribution in [0.3, 0.4) is 0 Å². The largest absolute Gasteiger partial charge is 0.329 e. The average Bonchev–Trinajstić information content (AvgIpc) is 3.27. The Morgan fingerprint density at radius 2 is 1.72 bits per heavy atom. The van der Waals surface area contributed by atoms with E-state index in [0.717, 1.165) is 50.3 Å². The van der Waals surface area contributed by atoms with E-state index in [0.29, 0.717) is 0 Å². The number of rotatable bonds is 8. The number of carbonyl (C=O) groups is 1. The number of amides is 2. The second kappa shape index (κ2) is 8.95. The Bertz CT molecular complexity index is 581. The van der Waals surface area contributed by atoms with Gasteiger partial charge in [0.2, 0.25) is 0 Å². The summed E-state index contributed by atoms with van der Waals surface area (Å²) in [5.74, 6) is 0.953. The van der Waals surface area contributed by atoms with Gasteiger partial charge in [0.05, 0.1) is 0 Å². The molecule has 0 spiro atoms. The minimum absolute atomic E-state index is 0.0674. The van der Waals surface area contributed by atoms with Crippen LogP contribution in [-0.4, -0.2) is 36.3 Å². The number of anilines is 1. The molecule has 0 aromatic heterocycles. The maximum atomic E-state index is 12.4. The number of urea groups is 1. The molecule has 2 N–H and O–H groups in total. The van der Waals surface area contributed by atoms with Gasteiger partial charge in [-0.25, -0.2) is 4.79 Å². The Hall–Kier alpha value is -1.20. The van der Waals surface area contributed by atoms with Gasteiger partial charge < -0.3 is 10.2 Å². The van der Waals surface area contributed by atoms with Gasteiger partial charge in [-0.2, -0.15) is 0 Å². The number of nitrogens with one attached hydrogen (secondary N) is 2. The maximum Gasteiger partial charge on any atom is 0.329 e. The molecule has 2 amide bonds. The number of aryl methyl sites for hydroxylation is 2. The summed E-state index contributed by atoms with van der Waals surface area (Å²) in [5.41, 5.74) is 6.83. The van der Waals surface area contributed by atoms with Gasteiger partial charge in [0.1, 0.15) is 0 Å². The van der Waals surface area contributed by atoms with Crippen molar-refractivity contribution in [3.63, 3.8) is 0 Å². The van der Waals surface area contributed by atoms with E-state index in [4.69, 9.17) is 0 Å². The third-order valence-corrected chi connectivity index (χ3v) is 6.31. The Morgan fingerprint density at radius 3 is 2.32 bits per heavy atom.